The predicted molar refractivity (Wildman–Crippen MR) is 114 cm³/mol. The van der Waals surface area contributed by atoms with Crippen LogP contribution in [0.1, 0.15) is 23.0 Å². The summed E-state index contributed by atoms with van der Waals surface area (Å²) in [6.45, 7) is 2.52. The van der Waals surface area contributed by atoms with Crippen LogP contribution >= 0.6 is 0 Å². The minimum atomic E-state index is -0.360. The second-order valence-corrected chi connectivity index (χ2v) is 6.40. The van der Waals surface area contributed by atoms with Crippen LogP contribution < -0.4 is 10.2 Å². The molecule has 0 fully saturated rings. The van der Waals surface area contributed by atoms with E-state index in [2.05, 4.69) is 20.7 Å². The monoisotopic (exact) mass is 384 g/mol. The highest BCUT2D eigenvalue weighted by Crippen LogP contribution is 2.23. The fourth-order valence-corrected chi connectivity index (χ4v) is 3.08. The van der Waals surface area contributed by atoms with Crippen LogP contribution in [-0.4, -0.2) is 28.9 Å². The van der Waals surface area contributed by atoms with Gasteiger partial charge in [-0.3, -0.25) is 9.89 Å². The van der Waals surface area contributed by atoms with E-state index in [-0.39, 0.29) is 5.91 Å². The zero-order chi connectivity index (χ0) is 20.1. The van der Waals surface area contributed by atoms with Crippen LogP contribution in [0.4, 0.5) is 0 Å². The number of hydrogen-bond acceptors (Lipinski definition) is 4. The van der Waals surface area contributed by atoms with Crippen molar-refractivity contribution in [3.63, 3.8) is 0 Å². The molecule has 1 heterocycles. The molecule has 0 aliphatic carbocycles. The molecule has 0 unspecified atom stereocenters. The highest BCUT2D eigenvalue weighted by molar-refractivity contribution is 6.00. The van der Waals surface area contributed by atoms with Crippen molar-refractivity contribution in [3.8, 4) is 17.0 Å². The fourth-order valence-electron chi connectivity index (χ4n) is 3.08. The number of carbonyl (C=O) groups excluding carboxylic acids is 1. The van der Waals surface area contributed by atoms with Gasteiger partial charge in [-0.05, 0) is 35.9 Å². The molecule has 0 spiro atoms. The summed E-state index contributed by atoms with van der Waals surface area (Å²) in [4.78, 5) is 12.4. The molecule has 0 saturated carbocycles. The Morgan fingerprint density at radius 3 is 2.83 bits per heavy atom. The average Bonchev–Trinajstić information content (AvgIpc) is 3.25. The SMILES string of the molecule is CCOc1cccc(-c2cc(C(=O)N/N=C\c3cccc4ccccc34)[nH]n2)c1. The number of rotatable bonds is 6. The zero-order valence-corrected chi connectivity index (χ0v) is 15.9. The molecule has 4 aromatic rings. The van der Waals surface area contributed by atoms with E-state index in [1.807, 2.05) is 73.7 Å². The summed E-state index contributed by atoms with van der Waals surface area (Å²) in [5.74, 6) is 0.403. The summed E-state index contributed by atoms with van der Waals surface area (Å²) in [5.41, 5.74) is 5.33. The van der Waals surface area contributed by atoms with E-state index >= 15 is 0 Å². The Balaban J connectivity index is 1.47. The summed E-state index contributed by atoms with van der Waals surface area (Å²) >= 11 is 0. The van der Waals surface area contributed by atoms with Gasteiger partial charge >= 0.3 is 0 Å². The maximum absolute atomic E-state index is 12.4. The second-order valence-electron chi connectivity index (χ2n) is 6.40. The number of hydrazone groups is 1. The summed E-state index contributed by atoms with van der Waals surface area (Å²) < 4.78 is 5.51. The third kappa shape index (κ3) is 4.16. The van der Waals surface area contributed by atoms with Gasteiger partial charge in [0.05, 0.1) is 18.5 Å². The molecule has 0 atom stereocenters. The second kappa shape index (κ2) is 8.39. The molecule has 6 nitrogen and oxygen atoms in total. The summed E-state index contributed by atoms with van der Waals surface area (Å²) in [6, 6.07) is 23.3. The Labute approximate surface area is 168 Å². The first-order valence-corrected chi connectivity index (χ1v) is 9.34. The number of ether oxygens (including phenoxy) is 1. The molecule has 0 bridgehead atoms. The van der Waals surface area contributed by atoms with Crippen molar-refractivity contribution in [1.82, 2.24) is 15.6 Å². The summed E-state index contributed by atoms with van der Waals surface area (Å²) in [5, 5.41) is 13.3. The van der Waals surface area contributed by atoms with E-state index in [1.54, 1.807) is 12.3 Å². The molecule has 144 valence electrons. The number of carbonyl (C=O) groups is 1. The van der Waals surface area contributed by atoms with Crippen molar-refractivity contribution in [3.05, 3.63) is 84.1 Å². The Bertz CT molecular complexity index is 1170. The maximum Gasteiger partial charge on any atom is 0.289 e. The Morgan fingerprint density at radius 1 is 1.10 bits per heavy atom. The van der Waals surface area contributed by atoms with Crippen molar-refractivity contribution in [2.75, 3.05) is 6.61 Å². The van der Waals surface area contributed by atoms with E-state index in [1.165, 1.54) is 0 Å². The lowest BCUT2D eigenvalue weighted by atomic mass is 10.1. The van der Waals surface area contributed by atoms with E-state index in [0.717, 1.165) is 27.6 Å². The van der Waals surface area contributed by atoms with Crippen molar-refractivity contribution in [1.29, 1.82) is 0 Å². The molecule has 0 aliphatic rings. The number of nitrogens with one attached hydrogen (secondary N) is 2. The van der Waals surface area contributed by atoms with Gasteiger partial charge in [0, 0.05) is 11.1 Å². The number of aromatic amines is 1. The van der Waals surface area contributed by atoms with Gasteiger partial charge in [0.15, 0.2) is 0 Å². The lowest BCUT2D eigenvalue weighted by molar-refractivity contribution is 0.0950. The average molecular weight is 384 g/mol. The fraction of sp³-hybridized carbons (Fsp3) is 0.0870. The Hall–Kier alpha value is -3.93. The molecule has 0 radical (unpaired) electrons. The molecule has 0 saturated heterocycles. The lowest BCUT2D eigenvalue weighted by Crippen LogP contribution is -2.18. The van der Waals surface area contributed by atoms with Crippen molar-refractivity contribution >= 4 is 22.9 Å². The van der Waals surface area contributed by atoms with Gasteiger partial charge in [-0.25, -0.2) is 5.43 Å². The molecular weight excluding hydrogens is 364 g/mol. The number of aromatic nitrogens is 2. The highest BCUT2D eigenvalue weighted by Gasteiger charge is 2.11. The van der Waals surface area contributed by atoms with E-state index < -0.39 is 0 Å². The molecule has 3 aromatic carbocycles. The van der Waals surface area contributed by atoms with E-state index in [0.29, 0.717) is 18.0 Å². The van der Waals surface area contributed by atoms with Crippen molar-refractivity contribution in [2.45, 2.75) is 6.92 Å². The van der Waals surface area contributed by atoms with Crippen LogP contribution in [-0.2, 0) is 0 Å². The quantitative estimate of drug-likeness (QED) is 0.382. The first-order chi connectivity index (χ1) is 14.2. The van der Waals surface area contributed by atoms with Crippen LogP contribution in [0, 0.1) is 0 Å². The third-order valence-electron chi connectivity index (χ3n) is 4.46. The van der Waals surface area contributed by atoms with Gasteiger partial charge in [-0.15, -0.1) is 0 Å². The van der Waals surface area contributed by atoms with E-state index in [9.17, 15) is 4.79 Å². The van der Waals surface area contributed by atoms with Gasteiger partial charge in [-0.2, -0.15) is 10.2 Å². The number of fused-ring (bicyclic) bond motifs is 1. The van der Waals surface area contributed by atoms with Gasteiger partial charge in [0.25, 0.3) is 5.91 Å². The number of H-pyrrole nitrogens is 1. The topological polar surface area (TPSA) is 79.4 Å². The zero-order valence-electron chi connectivity index (χ0n) is 15.9. The maximum atomic E-state index is 12.4. The highest BCUT2D eigenvalue weighted by atomic mass is 16.5. The van der Waals surface area contributed by atoms with Crippen molar-refractivity contribution in [2.24, 2.45) is 5.10 Å². The molecule has 29 heavy (non-hydrogen) atoms. The van der Waals surface area contributed by atoms with Gasteiger partial charge < -0.3 is 4.74 Å². The minimum Gasteiger partial charge on any atom is -0.494 e. The molecule has 0 aliphatic heterocycles. The van der Waals surface area contributed by atoms with Crippen LogP contribution in [0.2, 0.25) is 0 Å². The molecular formula is C23H20N4O2. The van der Waals surface area contributed by atoms with Crippen LogP contribution in [0.3, 0.4) is 0 Å². The number of hydrogen-bond donors (Lipinski definition) is 2. The molecule has 1 aromatic heterocycles. The summed E-state index contributed by atoms with van der Waals surface area (Å²) in [6.07, 6.45) is 1.64. The van der Waals surface area contributed by atoms with Crippen LogP contribution in [0.15, 0.2) is 77.9 Å². The summed E-state index contributed by atoms with van der Waals surface area (Å²) in [7, 11) is 0. The first kappa shape index (κ1) is 18.4. The number of benzene rings is 3. The number of nitrogens with zero attached hydrogens (tertiary/aromatic N) is 2. The standard InChI is InChI=1S/C23H20N4O2/c1-2-29-19-11-6-9-17(13-19)21-14-22(26-25-21)23(28)27-24-15-18-10-5-8-16-7-3-4-12-20(16)18/h3-15H,2H2,1H3,(H,25,26)(H,27,28)/b24-15-. The third-order valence-corrected chi connectivity index (χ3v) is 4.46. The smallest absolute Gasteiger partial charge is 0.289 e. The lowest BCUT2D eigenvalue weighted by Gasteiger charge is -2.03. The molecule has 2 N–H and O–H groups in total. The van der Waals surface area contributed by atoms with Gasteiger partial charge in [0.2, 0.25) is 0 Å². The van der Waals surface area contributed by atoms with Crippen LogP contribution in [0.25, 0.3) is 22.0 Å². The minimum absolute atomic E-state index is 0.330. The van der Waals surface area contributed by atoms with Gasteiger partial charge in [-0.1, -0.05) is 54.6 Å². The predicted octanol–water partition coefficient (Wildman–Crippen LogP) is 4.39. The van der Waals surface area contributed by atoms with Crippen molar-refractivity contribution < 1.29 is 9.53 Å². The van der Waals surface area contributed by atoms with Crippen LogP contribution in [0.5, 0.6) is 5.75 Å². The Morgan fingerprint density at radius 2 is 1.93 bits per heavy atom. The normalized spacial score (nSPS) is 11.1. The van der Waals surface area contributed by atoms with E-state index in [4.69, 9.17) is 4.74 Å². The number of amides is 1. The first-order valence-electron chi connectivity index (χ1n) is 9.34. The largest absolute Gasteiger partial charge is 0.494 e. The Kier molecular flexibility index (Phi) is 5.33. The molecule has 1 amide bonds. The molecule has 6 heteroatoms. The molecule has 4 rings (SSSR count). The van der Waals surface area contributed by atoms with Gasteiger partial charge in [0.1, 0.15) is 11.4 Å².